The Bertz CT molecular complexity index is 708. The fourth-order valence-electron chi connectivity index (χ4n) is 3.86. The van der Waals surface area contributed by atoms with Gasteiger partial charge in [-0.3, -0.25) is 0 Å². The molecule has 1 aliphatic heterocycles. The Labute approximate surface area is 123 Å². The maximum atomic E-state index is 10.3. The van der Waals surface area contributed by atoms with Gasteiger partial charge in [-0.05, 0) is 48.3 Å². The van der Waals surface area contributed by atoms with E-state index in [-0.39, 0.29) is 5.38 Å². The third-order valence-electron chi connectivity index (χ3n) is 4.84. The molecule has 4 rings (SSSR count). The fourth-order valence-corrected chi connectivity index (χ4v) is 4.07. The van der Waals surface area contributed by atoms with Crippen molar-refractivity contribution in [3.05, 3.63) is 34.9 Å². The summed E-state index contributed by atoms with van der Waals surface area (Å²) in [4.78, 5) is 0. The number of anilines is 1. The second-order valence-electron chi connectivity index (χ2n) is 6.00. The molecule has 0 radical (unpaired) electrons. The van der Waals surface area contributed by atoms with Crippen LogP contribution >= 0.6 is 11.6 Å². The smallest absolute Gasteiger partial charge is 0.125 e. The quantitative estimate of drug-likeness (QED) is 0.772. The molecule has 0 spiro atoms. The number of halogens is 1. The lowest BCUT2D eigenvalue weighted by molar-refractivity contribution is 0.482. The van der Waals surface area contributed by atoms with Crippen molar-refractivity contribution < 1.29 is 5.11 Å². The highest BCUT2D eigenvalue weighted by Crippen LogP contribution is 2.46. The molecule has 1 heterocycles. The summed E-state index contributed by atoms with van der Waals surface area (Å²) in [6, 6.07) is 6.11. The normalized spacial score (nSPS) is 21.6. The van der Waals surface area contributed by atoms with Gasteiger partial charge in [0.1, 0.15) is 5.75 Å². The summed E-state index contributed by atoms with van der Waals surface area (Å²) in [5.74, 6) is 0.700. The zero-order chi connectivity index (χ0) is 13.9. The van der Waals surface area contributed by atoms with Gasteiger partial charge in [-0.2, -0.15) is 0 Å². The van der Waals surface area contributed by atoms with Crippen LogP contribution in [0.15, 0.2) is 18.2 Å². The van der Waals surface area contributed by atoms with Crippen LogP contribution in [0.4, 0.5) is 5.69 Å². The van der Waals surface area contributed by atoms with Crippen LogP contribution in [0.2, 0.25) is 0 Å². The topological polar surface area (TPSA) is 32.3 Å². The van der Waals surface area contributed by atoms with Crippen molar-refractivity contribution in [3.8, 4) is 5.75 Å². The van der Waals surface area contributed by atoms with Crippen LogP contribution in [0.25, 0.3) is 10.8 Å². The standard InChI is InChI=1S/C17H18ClNO/c1-9(18)13-8-19-14-7-15(20)12-6-5-10-3-2-4-11(10)16(12)17(13)14/h5-7,9,13,19-20H,2-4,8H2,1H3. The SMILES string of the molecule is CC(Cl)C1CNc2cc(O)c3ccc4c(c3c21)CCC4. The van der Waals surface area contributed by atoms with Crippen LogP contribution in [0, 0.1) is 0 Å². The first-order valence-electron chi connectivity index (χ1n) is 7.35. The van der Waals surface area contributed by atoms with Gasteiger partial charge in [-0.15, -0.1) is 11.6 Å². The average Bonchev–Trinajstić information content (AvgIpc) is 3.03. The minimum atomic E-state index is 0.0914. The zero-order valence-corrected chi connectivity index (χ0v) is 12.3. The van der Waals surface area contributed by atoms with E-state index < -0.39 is 0 Å². The predicted molar refractivity (Wildman–Crippen MR) is 84.2 cm³/mol. The Kier molecular flexibility index (Phi) is 2.65. The minimum Gasteiger partial charge on any atom is -0.507 e. The van der Waals surface area contributed by atoms with Crippen molar-refractivity contribution in [1.29, 1.82) is 0 Å². The van der Waals surface area contributed by atoms with Crippen molar-refractivity contribution in [2.75, 3.05) is 11.9 Å². The molecule has 2 aromatic rings. The number of fused-ring (bicyclic) bond motifs is 5. The minimum absolute atomic E-state index is 0.0914. The molecular formula is C17H18ClNO. The highest BCUT2D eigenvalue weighted by molar-refractivity contribution is 6.21. The number of nitrogens with one attached hydrogen (secondary N) is 1. The molecule has 0 fully saturated rings. The van der Waals surface area contributed by atoms with Crippen molar-refractivity contribution in [2.45, 2.75) is 37.5 Å². The number of aromatic hydroxyl groups is 1. The summed E-state index contributed by atoms with van der Waals surface area (Å²) in [6.45, 7) is 2.92. The van der Waals surface area contributed by atoms with Gasteiger partial charge in [-0.1, -0.05) is 12.1 Å². The van der Waals surface area contributed by atoms with E-state index in [0.29, 0.717) is 11.7 Å². The molecule has 1 aliphatic carbocycles. The summed E-state index contributed by atoms with van der Waals surface area (Å²) in [6.07, 6.45) is 3.49. The highest BCUT2D eigenvalue weighted by Gasteiger charge is 2.31. The fraction of sp³-hybridized carbons (Fsp3) is 0.412. The number of hydrogen-bond acceptors (Lipinski definition) is 2. The first kappa shape index (κ1) is 12.3. The van der Waals surface area contributed by atoms with Crippen LogP contribution in [0.5, 0.6) is 5.75 Å². The summed E-state index contributed by atoms with van der Waals surface area (Å²) >= 11 is 6.40. The van der Waals surface area contributed by atoms with Crippen LogP contribution in [-0.4, -0.2) is 17.0 Å². The van der Waals surface area contributed by atoms with E-state index >= 15 is 0 Å². The summed E-state index contributed by atoms with van der Waals surface area (Å²) < 4.78 is 0. The monoisotopic (exact) mass is 287 g/mol. The van der Waals surface area contributed by atoms with E-state index in [1.165, 1.54) is 28.5 Å². The second-order valence-corrected chi connectivity index (χ2v) is 6.69. The molecule has 2 atom stereocenters. The number of aryl methyl sites for hydroxylation is 2. The van der Waals surface area contributed by atoms with Crippen LogP contribution in [-0.2, 0) is 12.8 Å². The van der Waals surface area contributed by atoms with Crippen molar-refractivity contribution in [1.82, 2.24) is 0 Å². The highest BCUT2D eigenvalue weighted by atomic mass is 35.5. The summed E-state index contributed by atoms with van der Waals surface area (Å²) in [5.41, 5.74) is 5.26. The van der Waals surface area contributed by atoms with E-state index in [4.69, 9.17) is 11.6 Å². The number of phenolic OH excluding ortho intramolecular Hbond substituents is 1. The maximum absolute atomic E-state index is 10.3. The van der Waals surface area contributed by atoms with E-state index in [0.717, 1.165) is 30.5 Å². The molecule has 2 aliphatic rings. The van der Waals surface area contributed by atoms with Crippen LogP contribution in [0.3, 0.4) is 0 Å². The second kappa shape index (κ2) is 4.29. The Hall–Kier alpha value is -1.41. The number of benzene rings is 2. The number of phenols is 1. The molecule has 0 saturated heterocycles. The Morgan fingerprint density at radius 2 is 2.20 bits per heavy atom. The number of alkyl halides is 1. The third-order valence-corrected chi connectivity index (χ3v) is 5.14. The van der Waals surface area contributed by atoms with Crippen molar-refractivity contribution >= 4 is 28.1 Å². The summed E-state index contributed by atoms with van der Waals surface area (Å²) in [5, 5.41) is 16.1. The van der Waals surface area contributed by atoms with E-state index in [1.807, 2.05) is 6.07 Å². The molecule has 3 heteroatoms. The molecule has 2 unspecified atom stereocenters. The molecular weight excluding hydrogens is 270 g/mol. The van der Waals surface area contributed by atoms with Crippen molar-refractivity contribution in [2.24, 2.45) is 0 Å². The van der Waals surface area contributed by atoms with E-state index in [2.05, 4.69) is 24.4 Å². The number of rotatable bonds is 1. The van der Waals surface area contributed by atoms with Gasteiger partial charge in [0.2, 0.25) is 0 Å². The van der Waals surface area contributed by atoms with Crippen LogP contribution < -0.4 is 5.32 Å². The molecule has 0 bridgehead atoms. The van der Waals surface area contributed by atoms with Crippen molar-refractivity contribution in [3.63, 3.8) is 0 Å². The number of hydrogen-bond donors (Lipinski definition) is 2. The third kappa shape index (κ3) is 1.58. The molecule has 2 nitrogen and oxygen atoms in total. The Morgan fingerprint density at radius 1 is 1.35 bits per heavy atom. The molecule has 104 valence electrons. The molecule has 20 heavy (non-hydrogen) atoms. The van der Waals surface area contributed by atoms with Gasteiger partial charge in [0.15, 0.2) is 0 Å². The molecule has 0 amide bonds. The Balaban J connectivity index is 2.11. The largest absolute Gasteiger partial charge is 0.507 e. The first-order valence-corrected chi connectivity index (χ1v) is 7.78. The van der Waals surface area contributed by atoms with Gasteiger partial charge in [0.05, 0.1) is 0 Å². The molecule has 2 N–H and O–H groups in total. The predicted octanol–water partition coefficient (Wildman–Crippen LogP) is 4.17. The summed E-state index contributed by atoms with van der Waals surface area (Å²) in [7, 11) is 0. The van der Waals surface area contributed by atoms with Gasteiger partial charge >= 0.3 is 0 Å². The molecule has 0 aromatic heterocycles. The van der Waals surface area contributed by atoms with Gasteiger partial charge in [0.25, 0.3) is 0 Å². The lowest BCUT2D eigenvalue weighted by Crippen LogP contribution is -2.11. The average molecular weight is 288 g/mol. The first-order chi connectivity index (χ1) is 9.66. The maximum Gasteiger partial charge on any atom is 0.125 e. The lowest BCUT2D eigenvalue weighted by Gasteiger charge is -2.18. The molecule has 2 aromatic carbocycles. The van der Waals surface area contributed by atoms with Crippen LogP contribution in [0.1, 0.15) is 36.0 Å². The van der Waals surface area contributed by atoms with E-state index in [1.54, 1.807) is 0 Å². The zero-order valence-electron chi connectivity index (χ0n) is 11.5. The van der Waals surface area contributed by atoms with E-state index in [9.17, 15) is 5.11 Å². The van der Waals surface area contributed by atoms with Gasteiger partial charge in [-0.25, -0.2) is 0 Å². The molecule has 0 saturated carbocycles. The Morgan fingerprint density at radius 3 is 3.00 bits per heavy atom. The van der Waals surface area contributed by atoms with Gasteiger partial charge < -0.3 is 10.4 Å². The lowest BCUT2D eigenvalue weighted by atomic mass is 9.88. The van der Waals surface area contributed by atoms with Gasteiger partial charge in [0, 0.05) is 35.0 Å².